The third-order valence-electron chi connectivity index (χ3n) is 4.66. The molecule has 1 N–H and O–H groups in total. The summed E-state index contributed by atoms with van der Waals surface area (Å²) in [4.78, 5) is 0. The van der Waals surface area contributed by atoms with Crippen molar-refractivity contribution >= 4 is 11.6 Å². The molecule has 2 fully saturated rings. The van der Waals surface area contributed by atoms with Crippen LogP contribution in [0.1, 0.15) is 43.9 Å². The van der Waals surface area contributed by atoms with Crippen LogP contribution in [-0.4, -0.2) is 14.9 Å². The summed E-state index contributed by atoms with van der Waals surface area (Å²) in [6, 6.07) is 0. The number of rotatable bonds is 3. The van der Waals surface area contributed by atoms with Crippen LogP contribution in [0.15, 0.2) is 6.20 Å². The second-order valence-corrected chi connectivity index (χ2v) is 6.09. The molecule has 0 aromatic carbocycles. The fraction of sp³-hybridized carbons (Fsp3) is 0.769. The highest BCUT2D eigenvalue weighted by molar-refractivity contribution is 6.31. The number of aliphatic hydroxyl groups excluding tert-OH is 1. The third kappa shape index (κ3) is 2.00. The maximum atomic E-state index is 10.3. The van der Waals surface area contributed by atoms with Gasteiger partial charge >= 0.3 is 0 Å². The first-order valence-electron chi connectivity index (χ1n) is 6.50. The predicted octanol–water partition coefficient (Wildman–Crippen LogP) is 2.93. The van der Waals surface area contributed by atoms with Gasteiger partial charge in [-0.2, -0.15) is 5.10 Å². The lowest BCUT2D eigenvalue weighted by Gasteiger charge is -2.24. The van der Waals surface area contributed by atoms with Crippen LogP contribution in [0, 0.1) is 17.8 Å². The van der Waals surface area contributed by atoms with E-state index in [-0.39, 0.29) is 0 Å². The maximum Gasteiger partial charge on any atom is 0.0974 e. The van der Waals surface area contributed by atoms with Gasteiger partial charge in [-0.3, -0.25) is 4.68 Å². The maximum absolute atomic E-state index is 10.3. The van der Waals surface area contributed by atoms with Gasteiger partial charge in [0.15, 0.2) is 0 Å². The zero-order chi connectivity index (χ0) is 12.0. The second-order valence-electron chi connectivity index (χ2n) is 5.69. The van der Waals surface area contributed by atoms with Crippen molar-refractivity contribution < 1.29 is 5.11 Å². The van der Waals surface area contributed by atoms with E-state index in [0.717, 1.165) is 24.0 Å². The molecule has 4 atom stereocenters. The molecule has 3 rings (SSSR count). The minimum absolute atomic E-state index is 0.459. The number of aromatic nitrogens is 2. The molecule has 1 heterocycles. The van der Waals surface area contributed by atoms with Crippen molar-refractivity contribution in [3.8, 4) is 0 Å². The molecule has 0 saturated heterocycles. The summed E-state index contributed by atoms with van der Waals surface area (Å²) >= 11 is 6.06. The minimum atomic E-state index is -0.459. The first-order valence-corrected chi connectivity index (χ1v) is 6.88. The highest BCUT2D eigenvalue weighted by Gasteiger charge is 2.40. The van der Waals surface area contributed by atoms with Crippen LogP contribution in [0.25, 0.3) is 0 Å². The van der Waals surface area contributed by atoms with Crippen molar-refractivity contribution in [2.24, 2.45) is 24.8 Å². The predicted molar refractivity (Wildman–Crippen MR) is 66.7 cm³/mol. The molecule has 2 aliphatic rings. The van der Waals surface area contributed by atoms with E-state index in [4.69, 9.17) is 11.6 Å². The molecule has 1 aromatic heterocycles. The van der Waals surface area contributed by atoms with Crippen LogP contribution in [0.5, 0.6) is 0 Å². The first-order chi connectivity index (χ1) is 8.15. The smallest absolute Gasteiger partial charge is 0.0974 e. The highest BCUT2D eigenvalue weighted by Crippen LogP contribution is 2.51. The lowest BCUT2D eigenvalue weighted by atomic mass is 9.84. The van der Waals surface area contributed by atoms with Crippen molar-refractivity contribution in [2.45, 2.75) is 38.2 Å². The topological polar surface area (TPSA) is 38.0 Å². The van der Waals surface area contributed by atoms with E-state index in [1.807, 2.05) is 7.05 Å². The van der Waals surface area contributed by atoms with Gasteiger partial charge in [-0.05, 0) is 43.4 Å². The van der Waals surface area contributed by atoms with Crippen LogP contribution >= 0.6 is 11.6 Å². The van der Waals surface area contributed by atoms with Crippen LogP contribution in [0.2, 0.25) is 5.02 Å². The molecule has 1 aromatic rings. The van der Waals surface area contributed by atoms with Crippen molar-refractivity contribution in [1.29, 1.82) is 0 Å². The molecule has 0 amide bonds. The summed E-state index contributed by atoms with van der Waals surface area (Å²) in [6.07, 6.45) is 7.46. The van der Waals surface area contributed by atoms with E-state index in [1.165, 1.54) is 25.7 Å². The van der Waals surface area contributed by atoms with E-state index < -0.39 is 6.10 Å². The Bertz CT molecular complexity index is 398. The first kappa shape index (κ1) is 11.5. The Morgan fingerprint density at radius 2 is 2.35 bits per heavy atom. The monoisotopic (exact) mass is 254 g/mol. The molecule has 17 heavy (non-hydrogen) atoms. The molecule has 4 unspecified atom stereocenters. The zero-order valence-electron chi connectivity index (χ0n) is 10.1. The Hall–Kier alpha value is -0.540. The number of aryl methyl sites for hydroxylation is 1. The van der Waals surface area contributed by atoms with Crippen LogP contribution in [-0.2, 0) is 7.05 Å². The molecule has 0 radical (unpaired) electrons. The van der Waals surface area contributed by atoms with Crippen molar-refractivity contribution in [3.63, 3.8) is 0 Å². The summed E-state index contributed by atoms with van der Waals surface area (Å²) in [6.45, 7) is 0. The van der Waals surface area contributed by atoms with Crippen molar-refractivity contribution in [1.82, 2.24) is 9.78 Å². The van der Waals surface area contributed by atoms with Gasteiger partial charge in [-0.1, -0.05) is 18.0 Å². The molecular weight excluding hydrogens is 236 g/mol. The zero-order valence-corrected chi connectivity index (χ0v) is 10.9. The Balaban J connectivity index is 1.69. The Morgan fingerprint density at radius 3 is 2.88 bits per heavy atom. The average molecular weight is 255 g/mol. The molecule has 0 spiro atoms. The highest BCUT2D eigenvalue weighted by atomic mass is 35.5. The Morgan fingerprint density at radius 1 is 1.53 bits per heavy atom. The lowest BCUT2D eigenvalue weighted by molar-refractivity contribution is 0.118. The Kier molecular flexibility index (Phi) is 2.91. The summed E-state index contributed by atoms with van der Waals surface area (Å²) in [5.74, 6) is 2.47. The van der Waals surface area contributed by atoms with Crippen LogP contribution in [0.4, 0.5) is 0 Å². The molecule has 2 aliphatic carbocycles. The normalized spacial score (nSPS) is 33.2. The van der Waals surface area contributed by atoms with Crippen molar-refractivity contribution in [3.05, 3.63) is 16.9 Å². The molecule has 2 bridgehead atoms. The largest absolute Gasteiger partial charge is 0.387 e. The van der Waals surface area contributed by atoms with Gasteiger partial charge in [-0.25, -0.2) is 0 Å². The number of halogens is 1. The van der Waals surface area contributed by atoms with E-state index >= 15 is 0 Å². The summed E-state index contributed by atoms with van der Waals surface area (Å²) in [5.41, 5.74) is 0.773. The lowest BCUT2D eigenvalue weighted by Crippen LogP contribution is -2.16. The van der Waals surface area contributed by atoms with Crippen LogP contribution in [0.3, 0.4) is 0 Å². The van der Waals surface area contributed by atoms with Gasteiger partial charge < -0.3 is 5.11 Å². The van der Waals surface area contributed by atoms with E-state index in [1.54, 1.807) is 10.9 Å². The molecule has 4 heteroatoms. The van der Waals surface area contributed by atoms with Crippen molar-refractivity contribution in [2.75, 3.05) is 0 Å². The molecular formula is C13H19ClN2O. The number of hydrogen-bond donors (Lipinski definition) is 1. The average Bonchev–Trinajstić information content (AvgIpc) is 2.94. The summed E-state index contributed by atoms with van der Waals surface area (Å²) < 4.78 is 1.69. The van der Waals surface area contributed by atoms with Gasteiger partial charge in [0, 0.05) is 7.05 Å². The second kappa shape index (κ2) is 4.29. The molecule has 2 saturated carbocycles. The molecule has 94 valence electrons. The standard InChI is InChI=1S/C13H19ClN2O/c1-16-13(11(14)7-15-16)12(17)6-10-5-8-2-3-9(10)4-8/h7-10,12,17H,2-6H2,1H3. The quantitative estimate of drug-likeness (QED) is 0.901. The number of aliphatic hydroxyl groups is 1. The number of hydrogen-bond acceptors (Lipinski definition) is 2. The van der Waals surface area contributed by atoms with Gasteiger partial charge in [-0.15, -0.1) is 0 Å². The molecule has 0 aliphatic heterocycles. The number of fused-ring (bicyclic) bond motifs is 2. The van der Waals surface area contributed by atoms with E-state index in [0.29, 0.717) is 10.9 Å². The fourth-order valence-electron chi connectivity index (χ4n) is 3.86. The number of nitrogens with zero attached hydrogens (tertiary/aromatic N) is 2. The van der Waals surface area contributed by atoms with Gasteiger partial charge in [0.05, 0.1) is 23.0 Å². The van der Waals surface area contributed by atoms with Gasteiger partial charge in [0.2, 0.25) is 0 Å². The minimum Gasteiger partial charge on any atom is -0.387 e. The van der Waals surface area contributed by atoms with E-state index in [9.17, 15) is 5.11 Å². The summed E-state index contributed by atoms with van der Waals surface area (Å²) in [5, 5.41) is 15.0. The third-order valence-corrected chi connectivity index (χ3v) is 4.96. The molecule has 3 nitrogen and oxygen atoms in total. The van der Waals surface area contributed by atoms with E-state index in [2.05, 4.69) is 5.10 Å². The summed E-state index contributed by atoms with van der Waals surface area (Å²) in [7, 11) is 1.84. The SMILES string of the molecule is Cn1ncc(Cl)c1C(O)CC1CC2CCC1C2. The van der Waals surface area contributed by atoms with Gasteiger partial charge in [0.1, 0.15) is 0 Å². The van der Waals surface area contributed by atoms with Crippen LogP contribution < -0.4 is 0 Å². The fourth-order valence-corrected chi connectivity index (χ4v) is 4.15. The Labute approximate surface area is 107 Å². The van der Waals surface area contributed by atoms with Gasteiger partial charge in [0.25, 0.3) is 0 Å².